The van der Waals surface area contributed by atoms with Crippen LogP contribution in [0.25, 0.3) is 11.7 Å². The minimum atomic E-state index is -0.595. The van der Waals surface area contributed by atoms with Gasteiger partial charge in [0.2, 0.25) is 5.88 Å². The second-order valence-corrected chi connectivity index (χ2v) is 12.3. The number of benzene rings is 2. The first-order chi connectivity index (χ1) is 22.4. The van der Waals surface area contributed by atoms with E-state index in [1.54, 1.807) is 58.3 Å². The predicted molar refractivity (Wildman–Crippen MR) is 175 cm³/mol. The zero-order valence-corrected chi connectivity index (χ0v) is 26.6. The maximum absolute atomic E-state index is 13.5. The van der Waals surface area contributed by atoms with Crippen LogP contribution in [-0.2, 0) is 4.74 Å². The number of piperazine rings is 1. The van der Waals surface area contributed by atoms with Gasteiger partial charge in [0.1, 0.15) is 17.1 Å². The number of halogens is 1. The maximum Gasteiger partial charge on any atom is 0.410 e. The quantitative estimate of drug-likeness (QED) is 0.223. The summed E-state index contributed by atoms with van der Waals surface area (Å²) < 4.78 is 6.98. The van der Waals surface area contributed by atoms with Crippen LogP contribution in [0.2, 0.25) is 5.02 Å². The van der Waals surface area contributed by atoms with Crippen molar-refractivity contribution in [2.24, 2.45) is 4.99 Å². The Morgan fingerprint density at radius 3 is 2.49 bits per heavy atom. The Labute approximate surface area is 273 Å². The molecule has 6 rings (SSSR count). The molecular weight excluding hydrogens is 626 g/mol. The lowest BCUT2D eigenvalue weighted by Crippen LogP contribution is -2.51. The third-order valence-electron chi connectivity index (χ3n) is 7.17. The first-order valence-corrected chi connectivity index (χ1v) is 15.2. The maximum atomic E-state index is 13.5. The molecule has 1 saturated heterocycles. The smallest absolute Gasteiger partial charge is 0.410 e. The standard InChI is InChI=1S/C32H32ClN9O5/c1-32(2,3)47-31(46)41-12-10-40(11-13-41)29(44)19-6-4-8-22(14-19)36-26-17-25(35-23-9-5-7-21(33)16-23)38-27-20(18-34-42(26)27)15-24-28(43)39-30(45)37-24/h4-9,14-18,35,43H,10-13H2,1-3H3,(H2,37,39,45)/b20-15-,36-26?. The van der Waals surface area contributed by atoms with Gasteiger partial charge < -0.3 is 29.9 Å². The molecule has 242 valence electrons. The van der Waals surface area contributed by atoms with Crippen LogP contribution in [0.5, 0.6) is 5.88 Å². The zero-order chi connectivity index (χ0) is 33.3. The molecule has 0 atom stereocenters. The van der Waals surface area contributed by atoms with Crippen molar-refractivity contribution in [1.29, 1.82) is 0 Å². The van der Waals surface area contributed by atoms with Crippen molar-refractivity contribution in [2.45, 2.75) is 26.4 Å². The second-order valence-electron chi connectivity index (χ2n) is 11.9. The number of fused-ring (bicyclic) bond motifs is 1. The zero-order valence-electron chi connectivity index (χ0n) is 25.8. The van der Waals surface area contributed by atoms with Crippen molar-refractivity contribution in [3.63, 3.8) is 0 Å². The van der Waals surface area contributed by atoms with E-state index in [0.717, 1.165) is 0 Å². The van der Waals surface area contributed by atoms with Gasteiger partial charge in [-0.05, 0) is 63.2 Å². The number of hydrogen-bond acceptors (Lipinski definition) is 9. The number of aromatic hydroxyl groups is 1. The Kier molecular flexibility index (Phi) is 8.43. The number of rotatable bonds is 5. The van der Waals surface area contributed by atoms with Crippen LogP contribution in [0, 0.1) is 0 Å². The molecule has 0 unspecified atom stereocenters. The lowest BCUT2D eigenvalue weighted by Gasteiger charge is -2.35. The van der Waals surface area contributed by atoms with E-state index in [4.69, 9.17) is 26.3 Å². The van der Waals surface area contributed by atoms with E-state index in [9.17, 15) is 19.5 Å². The summed E-state index contributed by atoms with van der Waals surface area (Å²) >= 11 is 6.19. The van der Waals surface area contributed by atoms with Crippen LogP contribution in [0.4, 0.5) is 22.0 Å². The van der Waals surface area contributed by atoms with E-state index in [2.05, 4.69) is 20.4 Å². The number of aromatic nitrogens is 5. The Morgan fingerprint density at radius 1 is 1.04 bits per heavy atom. The van der Waals surface area contributed by atoms with E-state index < -0.39 is 17.4 Å². The number of nitrogens with one attached hydrogen (secondary N) is 3. The van der Waals surface area contributed by atoms with Crippen LogP contribution >= 0.6 is 11.6 Å². The molecule has 4 heterocycles. The van der Waals surface area contributed by atoms with Crippen molar-refractivity contribution in [1.82, 2.24) is 34.4 Å². The van der Waals surface area contributed by atoms with E-state index >= 15 is 0 Å². The molecule has 0 bridgehead atoms. The van der Waals surface area contributed by atoms with Crippen LogP contribution < -0.4 is 21.7 Å². The number of H-pyrrole nitrogens is 2. The van der Waals surface area contributed by atoms with Gasteiger partial charge in [0.15, 0.2) is 11.1 Å². The van der Waals surface area contributed by atoms with Gasteiger partial charge in [0.05, 0.1) is 11.9 Å². The third kappa shape index (κ3) is 7.28. The molecule has 0 saturated carbocycles. The molecule has 4 N–H and O–H groups in total. The van der Waals surface area contributed by atoms with Crippen molar-refractivity contribution in [3.8, 4) is 5.88 Å². The number of nitrogens with zero attached hydrogens (tertiary/aromatic N) is 6. The number of imidazole rings is 1. The average Bonchev–Trinajstić information content (AvgIpc) is 3.57. The fourth-order valence-electron chi connectivity index (χ4n) is 5.01. The molecule has 3 aromatic heterocycles. The van der Waals surface area contributed by atoms with E-state index in [1.807, 2.05) is 26.8 Å². The Balaban J connectivity index is 1.33. The molecule has 1 aliphatic heterocycles. The van der Waals surface area contributed by atoms with Crippen molar-refractivity contribution >= 4 is 52.5 Å². The molecule has 1 aliphatic rings. The Morgan fingerprint density at radius 2 is 1.79 bits per heavy atom. The molecule has 47 heavy (non-hydrogen) atoms. The van der Waals surface area contributed by atoms with Gasteiger partial charge in [0.25, 0.3) is 5.91 Å². The fraction of sp³-hybridized carbons (Fsp3) is 0.250. The summed E-state index contributed by atoms with van der Waals surface area (Å²) in [4.78, 5) is 55.3. The van der Waals surface area contributed by atoms with Gasteiger partial charge in [-0.3, -0.25) is 9.78 Å². The second kappa shape index (κ2) is 12.6. The summed E-state index contributed by atoms with van der Waals surface area (Å²) in [5.41, 5.74) is 1.42. The minimum Gasteiger partial charge on any atom is -0.493 e. The van der Waals surface area contributed by atoms with Crippen LogP contribution in [0.15, 0.2) is 70.6 Å². The van der Waals surface area contributed by atoms with Crippen LogP contribution in [0.3, 0.4) is 0 Å². The first kappa shape index (κ1) is 31.4. The lowest BCUT2D eigenvalue weighted by atomic mass is 10.1. The SMILES string of the molecule is CC(C)(C)OC(=O)N1CCN(C(=O)c2cccc(N=c3cc(Nc4cccc(Cl)c4)nc4/c(=C\c5[nH]c(=O)[nH]c5O)cnn34)c2)CC1. The molecular formula is C32H32ClN9O5. The number of aromatic amines is 2. The molecule has 0 radical (unpaired) electrons. The Bertz CT molecular complexity index is 2160. The molecule has 2 amide bonds. The molecule has 15 heteroatoms. The van der Waals surface area contributed by atoms with Gasteiger partial charge in [-0.15, -0.1) is 0 Å². The average molecular weight is 658 g/mol. The predicted octanol–water partition coefficient (Wildman–Crippen LogP) is 3.32. The largest absolute Gasteiger partial charge is 0.493 e. The van der Waals surface area contributed by atoms with Crippen molar-refractivity contribution in [2.75, 3.05) is 31.5 Å². The van der Waals surface area contributed by atoms with Gasteiger partial charge in [0, 0.05) is 53.7 Å². The summed E-state index contributed by atoms with van der Waals surface area (Å²) in [6.07, 6.45) is 2.68. The highest BCUT2D eigenvalue weighted by molar-refractivity contribution is 6.30. The summed E-state index contributed by atoms with van der Waals surface area (Å²) in [7, 11) is 0. The van der Waals surface area contributed by atoms with E-state index in [1.165, 1.54) is 16.8 Å². The third-order valence-corrected chi connectivity index (χ3v) is 7.40. The summed E-state index contributed by atoms with van der Waals surface area (Å²) in [5.74, 6) is -0.0684. The molecule has 5 aromatic rings. The number of hydrogen-bond donors (Lipinski definition) is 4. The van der Waals surface area contributed by atoms with Gasteiger partial charge >= 0.3 is 11.8 Å². The summed E-state index contributed by atoms with van der Waals surface area (Å²) in [6, 6.07) is 15.8. The molecule has 0 spiro atoms. The number of anilines is 2. The number of carbonyl (C=O) groups excluding carboxylic acids is 2. The molecule has 14 nitrogen and oxygen atoms in total. The highest BCUT2D eigenvalue weighted by Gasteiger charge is 2.28. The van der Waals surface area contributed by atoms with Gasteiger partial charge in [-0.2, -0.15) is 9.61 Å². The molecule has 1 fully saturated rings. The minimum absolute atomic E-state index is 0.163. The van der Waals surface area contributed by atoms with Crippen molar-refractivity contribution < 1.29 is 19.4 Å². The lowest BCUT2D eigenvalue weighted by molar-refractivity contribution is 0.0141. The first-order valence-electron chi connectivity index (χ1n) is 14.8. The van der Waals surface area contributed by atoms with Crippen molar-refractivity contribution in [3.05, 3.63) is 98.3 Å². The topological polar surface area (TPSA) is 173 Å². The number of carbonyl (C=O) groups is 2. The summed E-state index contributed by atoms with van der Waals surface area (Å²) in [6.45, 7) is 6.94. The van der Waals surface area contributed by atoms with Crippen LogP contribution in [-0.4, -0.2) is 83.3 Å². The van der Waals surface area contributed by atoms with Crippen LogP contribution in [0.1, 0.15) is 36.8 Å². The monoisotopic (exact) mass is 657 g/mol. The van der Waals surface area contributed by atoms with E-state index in [-0.39, 0.29) is 17.5 Å². The fourth-order valence-corrected chi connectivity index (χ4v) is 5.20. The van der Waals surface area contributed by atoms with Gasteiger partial charge in [-0.25, -0.2) is 19.6 Å². The Hall–Kier alpha value is -5.63. The highest BCUT2D eigenvalue weighted by atomic mass is 35.5. The van der Waals surface area contributed by atoms with E-state index in [0.29, 0.717) is 70.3 Å². The highest BCUT2D eigenvalue weighted by Crippen LogP contribution is 2.20. The number of amides is 2. The molecule has 0 aliphatic carbocycles. The number of ether oxygens (including phenoxy) is 1. The van der Waals surface area contributed by atoms with Gasteiger partial charge in [-0.1, -0.05) is 23.7 Å². The summed E-state index contributed by atoms with van der Waals surface area (Å²) in [5, 5.41) is 18.8. The molecule has 2 aromatic carbocycles. The normalized spacial score (nSPS) is 14.6.